The smallest absolute Gasteiger partial charge is 0.244 e. The second kappa shape index (κ2) is 5.88. The number of hydrogen-bond donors (Lipinski definition) is 1. The fourth-order valence-electron chi connectivity index (χ4n) is 2.61. The molecule has 0 radical (unpaired) electrons. The van der Waals surface area contributed by atoms with E-state index in [0.29, 0.717) is 18.1 Å². The predicted octanol–water partition coefficient (Wildman–Crippen LogP) is 3.36. The van der Waals surface area contributed by atoms with Crippen LogP contribution in [0.1, 0.15) is 18.1 Å². The van der Waals surface area contributed by atoms with Crippen molar-refractivity contribution in [1.82, 2.24) is 5.32 Å². The molecule has 3 nitrogen and oxygen atoms in total. The van der Waals surface area contributed by atoms with Crippen molar-refractivity contribution in [3.8, 4) is 0 Å². The molecule has 1 heterocycles. The Hall–Kier alpha value is -1.84. The molecule has 1 aliphatic rings. The van der Waals surface area contributed by atoms with Gasteiger partial charge in [0.05, 0.1) is 12.6 Å². The van der Waals surface area contributed by atoms with Gasteiger partial charge in [-0.25, -0.2) is 0 Å². The summed E-state index contributed by atoms with van der Waals surface area (Å²) in [5.74, 6) is 0.0833. The van der Waals surface area contributed by atoms with Crippen LogP contribution in [-0.2, 0) is 17.9 Å². The Morgan fingerprint density at radius 2 is 2.05 bits per heavy atom. The molecule has 21 heavy (non-hydrogen) atoms. The maximum atomic E-state index is 12.6. The average molecular weight is 301 g/mol. The zero-order chi connectivity index (χ0) is 14.8. The largest absolute Gasteiger partial charge is 0.306 e. The van der Waals surface area contributed by atoms with E-state index in [-0.39, 0.29) is 11.9 Å². The first kappa shape index (κ1) is 14.1. The van der Waals surface area contributed by atoms with Gasteiger partial charge in [-0.3, -0.25) is 4.79 Å². The summed E-state index contributed by atoms with van der Waals surface area (Å²) in [4.78, 5) is 14.5. The Balaban J connectivity index is 1.99. The number of halogens is 1. The number of amides is 1. The standard InChI is InChI=1S/C17H17ClN2O/c1-12-17(21)20(11-13-5-4-7-15(18)9-13)16-8-3-2-6-14(16)10-19-12/h2-9,12,19H,10-11H2,1H3. The predicted molar refractivity (Wildman–Crippen MR) is 85.4 cm³/mol. The number of carbonyl (C=O) groups is 1. The molecule has 1 atom stereocenters. The van der Waals surface area contributed by atoms with Crippen LogP contribution in [-0.4, -0.2) is 11.9 Å². The van der Waals surface area contributed by atoms with Crippen LogP contribution in [0.5, 0.6) is 0 Å². The molecule has 1 aliphatic heterocycles. The minimum absolute atomic E-state index is 0.0833. The molecular weight excluding hydrogens is 284 g/mol. The van der Waals surface area contributed by atoms with E-state index in [1.807, 2.05) is 54.3 Å². The van der Waals surface area contributed by atoms with Crippen LogP contribution >= 0.6 is 11.6 Å². The maximum Gasteiger partial charge on any atom is 0.244 e. The third-order valence-corrected chi connectivity index (χ3v) is 3.98. The summed E-state index contributed by atoms with van der Waals surface area (Å²) in [5.41, 5.74) is 3.14. The van der Waals surface area contributed by atoms with Crippen molar-refractivity contribution in [3.05, 3.63) is 64.7 Å². The molecule has 0 saturated heterocycles. The summed E-state index contributed by atoms with van der Waals surface area (Å²) < 4.78 is 0. The Labute approximate surface area is 129 Å². The van der Waals surface area contributed by atoms with Gasteiger partial charge in [0.2, 0.25) is 5.91 Å². The molecule has 0 fully saturated rings. The molecule has 1 N–H and O–H groups in total. The Morgan fingerprint density at radius 1 is 1.24 bits per heavy atom. The van der Waals surface area contributed by atoms with E-state index in [2.05, 4.69) is 11.4 Å². The highest BCUT2D eigenvalue weighted by Crippen LogP contribution is 2.26. The number of hydrogen-bond acceptors (Lipinski definition) is 2. The number of anilines is 1. The van der Waals surface area contributed by atoms with E-state index in [1.165, 1.54) is 0 Å². The molecule has 0 aliphatic carbocycles. The van der Waals surface area contributed by atoms with Crippen molar-refractivity contribution < 1.29 is 4.79 Å². The van der Waals surface area contributed by atoms with Gasteiger partial charge >= 0.3 is 0 Å². The van der Waals surface area contributed by atoms with E-state index in [0.717, 1.165) is 16.8 Å². The van der Waals surface area contributed by atoms with E-state index in [9.17, 15) is 4.79 Å². The van der Waals surface area contributed by atoms with Gasteiger partial charge in [0.1, 0.15) is 0 Å². The Kier molecular flexibility index (Phi) is 3.95. The van der Waals surface area contributed by atoms with Crippen molar-refractivity contribution in [3.63, 3.8) is 0 Å². The van der Waals surface area contributed by atoms with Crippen LogP contribution < -0.4 is 10.2 Å². The SMILES string of the molecule is CC1NCc2ccccc2N(Cc2cccc(Cl)c2)C1=O. The molecule has 0 aromatic heterocycles. The van der Waals surface area contributed by atoms with Crippen LogP contribution in [0.3, 0.4) is 0 Å². The van der Waals surface area contributed by atoms with Crippen molar-refractivity contribution >= 4 is 23.2 Å². The van der Waals surface area contributed by atoms with Crippen LogP contribution in [0.15, 0.2) is 48.5 Å². The quantitative estimate of drug-likeness (QED) is 0.922. The molecule has 4 heteroatoms. The zero-order valence-corrected chi connectivity index (χ0v) is 12.6. The normalized spacial score (nSPS) is 18.3. The molecule has 108 valence electrons. The molecule has 0 saturated carbocycles. The summed E-state index contributed by atoms with van der Waals surface area (Å²) >= 11 is 6.04. The molecule has 1 unspecified atom stereocenters. The number of para-hydroxylation sites is 1. The van der Waals surface area contributed by atoms with Gasteiger partial charge in [0.15, 0.2) is 0 Å². The minimum atomic E-state index is -0.198. The second-order valence-electron chi connectivity index (χ2n) is 5.29. The van der Waals surface area contributed by atoms with Gasteiger partial charge in [-0.15, -0.1) is 0 Å². The lowest BCUT2D eigenvalue weighted by Gasteiger charge is -2.24. The highest BCUT2D eigenvalue weighted by atomic mass is 35.5. The van der Waals surface area contributed by atoms with E-state index in [4.69, 9.17) is 11.6 Å². The topological polar surface area (TPSA) is 32.3 Å². The third-order valence-electron chi connectivity index (χ3n) is 3.75. The van der Waals surface area contributed by atoms with Crippen molar-refractivity contribution in [2.45, 2.75) is 26.1 Å². The van der Waals surface area contributed by atoms with Gasteiger partial charge in [0, 0.05) is 17.3 Å². The monoisotopic (exact) mass is 300 g/mol. The van der Waals surface area contributed by atoms with Crippen LogP contribution in [0.4, 0.5) is 5.69 Å². The van der Waals surface area contributed by atoms with E-state index >= 15 is 0 Å². The van der Waals surface area contributed by atoms with Gasteiger partial charge in [-0.05, 0) is 36.2 Å². The summed E-state index contributed by atoms with van der Waals surface area (Å²) in [6.07, 6.45) is 0. The molecule has 0 spiro atoms. The fraction of sp³-hybridized carbons (Fsp3) is 0.235. The highest BCUT2D eigenvalue weighted by Gasteiger charge is 2.26. The van der Waals surface area contributed by atoms with E-state index in [1.54, 1.807) is 0 Å². The maximum absolute atomic E-state index is 12.6. The van der Waals surface area contributed by atoms with Crippen molar-refractivity contribution in [2.75, 3.05) is 4.90 Å². The molecule has 3 rings (SSSR count). The van der Waals surface area contributed by atoms with Crippen LogP contribution in [0, 0.1) is 0 Å². The average Bonchev–Trinajstić information content (AvgIpc) is 2.60. The summed E-state index contributed by atoms with van der Waals surface area (Å²) in [7, 11) is 0. The van der Waals surface area contributed by atoms with Crippen LogP contribution in [0.25, 0.3) is 0 Å². The number of carbonyl (C=O) groups excluding carboxylic acids is 1. The Bertz CT molecular complexity index is 671. The first-order valence-electron chi connectivity index (χ1n) is 7.02. The summed E-state index contributed by atoms with van der Waals surface area (Å²) in [6.45, 7) is 3.14. The summed E-state index contributed by atoms with van der Waals surface area (Å²) in [5, 5.41) is 3.95. The molecule has 2 aromatic carbocycles. The van der Waals surface area contributed by atoms with E-state index < -0.39 is 0 Å². The van der Waals surface area contributed by atoms with Crippen molar-refractivity contribution in [1.29, 1.82) is 0 Å². The van der Waals surface area contributed by atoms with Gasteiger partial charge in [0.25, 0.3) is 0 Å². The number of nitrogens with one attached hydrogen (secondary N) is 1. The summed E-state index contributed by atoms with van der Waals surface area (Å²) in [6, 6.07) is 15.5. The fourth-order valence-corrected chi connectivity index (χ4v) is 2.82. The van der Waals surface area contributed by atoms with Gasteiger partial charge in [-0.1, -0.05) is 41.9 Å². The van der Waals surface area contributed by atoms with Gasteiger partial charge in [-0.2, -0.15) is 0 Å². The van der Waals surface area contributed by atoms with Gasteiger partial charge < -0.3 is 10.2 Å². The Morgan fingerprint density at radius 3 is 2.86 bits per heavy atom. The van der Waals surface area contributed by atoms with Crippen molar-refractivity contribution in [2.24, 2.45) is 0 Å². The lowest BCUT2D eigenvalue weighted by molar-refractivity contribution is -0.120. The zero-order valence-electron chi connectivity index (χ0n) is 11.8. The second-order valence-corrected chi connectivity index (χ2v) is 5.72. The lowest BCUT2D eigenvalue weighted by atomic mass is 10.1. The molecular formula is C17H17ClN2O. The first-order chi connectivity index (χ1) is 10.1. The highest BCUT2D eigenvalue weighted by molar-refractivity contribution is 6.30. The number of nitrogens with zero attached hydrogens (tertiary/aromatic N) is 1. The number of rotatable bonds is 2. The number of fused-ring (bicyclic) bond motifs is 1. The molecule has 2 aromatic rings. The third kappa shape index (κ3) is 2.94. The molecule has 1 amide bonds. The molecule has 0 bridgehead atoms. The number of benzene rings is 2. The van der Waals surface area contributed by atoms with Crippen LogP contribution in [0.2, 0.25) is 5.02 Å². The minimum Gasteiger partial charge on any atom is -0.306 e. The first-order valence-corrected chi connectivity index (χ1v) is 7.40. The lowest BCUT2D eigenvalue weighted by Crippen LogP contribution is -2.42.